The lowest BCUT2D eigenvalue weighted by molar-refractivity contribution is -0.141. The summed E-state index contributed by atoms with van der Waals surface area (Å²) in [4.78, 5) is 22.7. The van der Waals surface area contributed by atoms with E-state index in [-0.39, 0.29) is 11.8 Å². The minimum atomic E-state index is -0.808. The summed E-state index contributed by atoms with van der Waals surface area (Å²) >= 11 is 0. The fraction of sp³-hybridized carbons (Fsp3) is 0.333. The highest BCUT2D eigenvalue weighted by molar-refractivity contribution is 6.05. The van der Waals surface area contributed by atoms with Crippen molar-refractivity contribution in [3.8, 4) is 0 Å². The van der Waals surface area contributed by atoms with Crippen molar-refractivity contribution in [3.63, 3.8) is 0 Å². The number of carbonyl (C=O) groups is 2. The van der Waals surface area contributed by atoms with Crippen LogP contribution in [0.5, 0.6) is 0 Å². The van der Waals surface area contributed by atoms with Crippen LogP contribution in [0.3, 0.4) is 0 Å². The number of aliphatic carboxylic acids is 1. The highest BCUT2D eigenvalue weighted by Gasteiger charge is 2.13. The molecule has 0 aliphatic heterocycles. The molecular formula is C15H17NO4. The van der Waals surface area contributed by atoms with Gasteiger partial charge in [0.2, 0.25) is 0 Å². The number of furan rings is 1. The summed E-state index contributed by atoms with van der Waals surface area (Å²) in [5.41, 5.74) is 1.18. The second-order valence-corrected chi connectivity index (χ2v) is 4.78. The van der Waals surface area contributed by atoms with Gasteiger partial charge in [0.1, 0.15) is 11.8 Å². The number of para-hydroxylation sites is 1. The molecule has 106 valence electrons. The van der Waals surface area contributed by atoms with E-state index in [9.17, 15) is 9.59 Å². The predicted molar refractivity (Wildman–Crippen MR) is 74.6 cm³/mol. The molecule has 0 bridgehead atoms. The van der Waals surface area contributed by atoms with Crippen molar-refractivity contribution in [1.29, 1.82) is 0 Å². The fourth-order valence-corrected chi connectivity index (χ4v) is 1.98. The first-order valence-corrected chi connectivity index (χ1v) is 6.57. The van der Waals surface area contributed by atoms with Crippen LogP contribution in [0, 0.1) is 5.92 Å². The minimum Gasteiger partial charge on any atom is -0.481 e. The van der Waals surface area contributed by atoms with E-state index in [1.165, 1.54) is 6.26 Å². The number of benzene rings is 1. The number of carbonyl (C=O) groups excluding carboxylic acids is 1. The second-order valence-electron chi connectivity index (χ2n) is 4.78. The first kappa shape index (κ1) is 14.1. The maximum Gasteiger partial charge on any atom is 0.306 e. The Morgan fingerprint density at radius 1 is 1.35 bits per heavy atom. The molecule has 0 saturated carbocycles. The van der Waals surface area contributed by atoms with Crippen molar-refractivity contribution in [1.82, 2.24) is 5.32 Å². The lowest BCUT2D eigenvalue weighted by Gasteiger charge is -2.06. The molecule has 0 spiro atoms. The zero-order valence-corrected chi connectivity index (χ0v) is 11.3. The normalized spacial score (nSPS) is 12.2. The molecule has 5 nitrogen and oxygen atoms in total. The number of nitrogens with one attached hydrogen (secondary N) is 1. The molecule has 1 aromatic carbocycles. The zero-order valence-electron chi connectivity index (χ0n) is 11.3. The van der Waals surface area contributed by atoms with Crippen molar-refractivity contribution in [2.75, 3.05) is 6.54 Å². The van der Waals surface area contributed by atoms with Crippen LogP contribution in [0.15, 0.2) is 34.9 Å². The molecule has 1 amide bonds. The molecule has 20 heavy (non-hydrogen) atoms. The Balaban J connectivity index is 1.88. The summed E-state index contributed by atoms with van der Waals surface area (Å²) in [6.07, 6.45) is 2.62. The van der Waals surface area contributed by atoms with Gasteiger partial charge in [-0.2, -0.15) is 0 Å². The van der Waals surface area contributed by atoms with Crippen LogP contribution in [0.25, 0.3) is 11.0 Å². The monoisotopic (exact) mass is 275 g/mol. The Kier molecular flexibility index (Phi) is 4.40. The Morgan fingerprint density at radius 2 is 2.10 bits per heavy atom. The average Bonchev–Trinajstić information content (AvgIpc) is 2.87. The van der Waals surface area contributed by atoms with Crippen LogP contribution < -0.4 is 5.32 Å². The van der Waals surface area contributed by atoms with Crippen LogP contribution in [-0.2, 0) is 4.79 Å². The molecule has 0 saturated heterocycles. The lowest BCUT2D eigenvalue weighted by Crippen LogP contribution is -2.25. The maximum atomic E-state index is 12.0. The Labute approximate surface area is 116 Å². The van der Waals surface area contributed by atoms with Crippen molar-refractivity contribution >= 4 is 22.8 Å². The van der Waals surface area contributed by atoms with Crippen LogP contribution in [0.2, 0.25) is 0 Å². The van der Waals surface area contributed by atoms with Crippen molar-refractivity contribution in [2.45, 2.75) is 19.8 Å². The topological polar surface area (TPSA) is 79.5 Å². The van der Waals surface area contributed by atoms with Crippen LogP contribution in [-0.4, -0.2) is 23.5 Å². The Bertz CT molecular complexity index is 617. The molecule has 0 fully saturated rings. The third-order valence-electron chi connectivity index (χ3n) is 3.25. The summed E-state index contributed by atoms with van der Waals surface area (Å²) in [6, 6.07) is 7.34. The predicted octanol–water partition coefficient (Wildman–Crippen LogP) is 2.66. The van der Waals surface area contributed by atoms with Gasteiger partial charge in [0.25, 0.3) is 5.91 Å². The van der Waals surface area contributed by atoms with Crippen LogP contribution in [0.4, 0.5) is 0 Å². The molecule has 5 heteroatoms. The molecule has 0 radical (unpaired) electrons. The highest BCUT2D eigenvalue weighted by atomic mass is 16.4. The number of fused-ring (bicyclic) bond motifs is 1. The number of carboxylic acid groups (broad SMARTS) is 1. The van der Waals surface area contributed by atoms with E-state index in [0.717, 1.165) is 5.39 Å². The van der Waals surface area contributed by atoms with E-state index in [1.807, 2.05) is 18.2 Å². The second kappa shape index (κ2) is 6.23. The lowest BCUT2D eigenvalue weighted by atomic mass is 10.1. The third kappa shape index (κ3) is 3.17. The molecule has 2 N–H and O–H groups in total. The smallest absolute Gasteiger partial charge is 0.306 e. The first-order valence-electron chi connectivity index (χ1n) is 6.57. The molecular weight excluding hydrogens is 258 g/mol. The zero-order chi connectivity index (χ0) is 14.5. The van der Waals surface area contributed by atoms with E-state index in [0.29, 0.717) is 30.5 Å². The fourth-order valence-electron chi connectivity index (χ4n) is 1.98. The third-order valence-corrected chi connectivity index (χ3v) is 3.25. The molecule has 2 rings (SSSR count). The van der Waals surface area contributed by atoms with Crippen LogP contribution >= 0.6 is 0 Å². The summed E-state index contributed by atoms with van der Waals surface area (Å²) < 4.78 is 5.31. The van der Waals surface area contributed by atoms with Gasteiger partial charge < -0.3 is 14.8 Å². The Morgan fingerprint density at radius 3 is 2.85 bits per heavy atom. The van der Waals surface area contributed by atoms with E-state index in [2.05, 4.69) is 5.32 Å². The first-order chi connectivity index (χ1) is 9.59. The van der Waals surface area contributed by atoms with Gasteiger partial charge in [0, 0.05) is 11.9 Å². The number of carboxylic acids is 1. The summed E-state index contributed by atoms with van der Waals surface area (Å²) in [6.45, 7) is 2.11. The van der Waals surface area contributed by atoms with E-state index < -0.39 is 5.97 Å². The summed E-state index contributed by atoms with van der Waals surface area (Å²) in [5, 5.41) is 12.3. The van der Waals surface area contributed by atoms with E-state index in [4.69, 9.17) is 9.52 Å². The average molecular weight is 275 g/mol. The van der Waals surface area contributed by atoms with Gasteiger partial charge in [-0.25, -0.2) is 0 Å². The largest absolute Gasteiger partial charge is 0.481 e. The molecule has 2 aromatic rings. The van der Waals surface area contributed by atoms with Gasteiger partial charge in [0.05, 0.1) is 11.5 Å². The van der Waals surface area contributed by atoms with Crippen LogP contribution in [0.1, 0.15) is 30.1 Å². The number of hydrogen-bond acceptors (Lipinski definition) is 3. The van der Waals surface area contributed by atoms with Gasteiger partial charge >= 0.3 is 5.97 Å². The van der Waals surface area contributed by atoms with Gasteiger partial charge in [0.15, 0.2) is 0 Å². The van der Waals surface area contributed by atoms with E-state index in [1.54, 1.807) is 13.0 Å². The maximum absolute atomic E-state index is 12.0. The summed E-state index contributed by atoms with van der Waals surface area (Å²) in [5.74, 6) is -1.39. The number of hydrogen-bond donors (Lipinski definition) is 2. The van der Waals surface area contributed by atoms with Crippen molar-refractivity contribution in [2.24, 2.45) is 5.92 Å². The van der Waals surface area contributed by atoms with Gasteiger partial charge in [-0.15, -0.1) is 0 Å². The van der Waals surface area contributed by atoms with Gasteiger partial charge in [-0.3, -0.25) is 9.59 Å². The van der Waals surface area contributed by atoms with Gasteiger partial charge in [-0.05, 0) is 18.9 Å². The number of amides is 1. The SMILES string of the molecule is CC(CCCNC(=O)c1coc2ccccc12)C(=O)O. The van der Waals surface area contributed by atoms with E-state index >= 15 is 0 Å². The Hall–Kier alpha value is -2.30. The molecule has 1 unspecified atom stereocenters. The highest BCUT2D eigenvalue weighted by Crippen LogP contribution is 2.20. The molecule has 0 aliphatic rings. The number of rotatable bonds is 6. The van der Waals surface area contributed by atoms with Crippen molar-refractivity contribution in [3.05, 3.63) is 36.1 Å². The minimum absolute atomic E-state index is 0.196. The molecule has 1 atom stereocenters. The molecule has 0 aliphatic carbocycles. The molecule has 1 aromatic heterocycles. The quantitative estimate of drug-likeness (QED) is 0.794. The standard InChI is InChI=1S/C15H17NO4/c1-10(15(18)19)5-4-8-16-14(17)12-9-20-13-7-3-2-6-11(12)13/h2-3,6-7,9-10H,4-5,8H2,1H3,(H,16,17)(H,18,19). The van der Waals surface area contributed by atoms with Crippen molar-refractivity contribution < 1.29 is 19.1 Å². The summed E-state index contributed by atoms with van der Waals surface area (Å²) in [7, 11) is 0. The van der Waals surface area contributed by atoms with Gasteiger partial charge in [-0.1, -0.05) is 25.1 Å². The molecule has 1 heterocycles.